The molecule has 0 heterocycles. The van der Waals surface area contributed by atoms with Gasteiger partial charge in [0.05, 0.1) is 0 Å². The van der Waals surface area contributed by atoms with Crippen LogP contribution >= 0.6 is 23.2 Å². The lowest BCUT2D eigenvalue weighted by atomic mass is 9.34. The first-order chi connectivity index (χ1) is 7.11. The van der Waals surface area contributed by atoms with Gasteiger partial charge in [0.1, 0.15) is 5.82 Å². The zero-order valence-electron chi connectivity index (χ0n) is 8.19. The van der Waals surface area contributed by atoms with Crippen molar-refractivity contribution >= 4 is 23.2 Å². The number of hydrogen-bond donors (Lipinski definition) is 0. The van der Waals surface area contributed by atoms with Crippen LogP contribution in [0.2, 0.25) is 5.02 Å². The summed E-state index contributed by atoms with van der Waals surface area (Å²) in [5, 5.41) is 0.567. The van der Waals surface area contributed by atoms with Crippen molar-refractivity contribution in [1.82, 2.24) is 0 Å². The molecule has 2 bridgehead atoms. The third-order valence-electron chi connectivity index (χ3n) is 3.92. The van der Waals surface area contributed by atoms with Crippen LogP contribution in [0.15, 0.2) is 18.2 Å². The summed E-state index contributed by atoms with van der Waals surface area (Å²) in [4.78, 5) is 0. The second kappa shape index (κ2) is 2.89. The molecule has 80 valence electrons. The Hall–Kier alpha value is -0.270. The highest BCUT2D eigenvalue weighted by atomic mass is 35.5. The first-order valence-corrected chi connectivity index (χ1v) is 6.03. The minimum Gasteiger partial charge on any atom is -0.207 e. The summed E-state index contributed by atoms with van der Waals surface area (Å²) in [5.41, 5.74) is 1.03. The Kier molecular flexibility index (Phi) is 1.91. The second-order valence-electron chi connectivity index (χ2n) is 5.04. The summed E-state index contributed by atoms with van der Waals surface area (Å²) >= 11 is 12.0. The molecule has 0 amide bonds. The van der Waals surface area contributed by atoms with Crippen molar-refractivity contribution in [3.8, 4) is 0 Å². The Bertz CT molecular complexity index is 388. The molecule has 3 saturated carbocycles. The molecule has 3 heteroatoms. The average Bonchev–Trinajstić information content (AvgIpc) is 2.06. The zero-order chi connectivity index (χ0) is 10.7. The highest BCUT2D eigenvalue weighted by molar-refractivity contribution is 6.31. The summed E-state index contributed by atoms with van der Waals surface area (Å²) in [6, 6.07) is 4.92. The van der Waals surface area contributed by atoms with Crippen LogP contribution in [0, 0.1) is 11.2 Å². The van der Waals surface area contributed by atoms with Crippen molar-refractivity contribution in [2.75, 3.05) is 5.88 Å². The zero-order valence-corrected chi connectivity index (χ0v) is 9.71. The molecule has 3 fully saturated rings. The van der Waals surface area contributed by atoms with E-state index in [2.05, 4.69) is 0 Å². The van der Waals surface area contributed by atoms with Gasteiger partial charge in [0, 0.05) is 21.9 Å². The summed E-state index contributed by atoms with van der Waals surface area (Å²) in [6.45, 7) is 0. The maximum Gasteiger partial charge on any atom is 0.128 e. The van der Waals surface area contributed by atoms with E-state index in [1.54, 1.807) is 12.1 Å². The van der Waals surface area contributed by atoms with Gasteiger partial charge in [0.15, 0.2) is 0 Å². The molecule has 0 radical (unpaired) electrons. The average molecular weight is 245 g/mol. The molecule has 0 spiro atoms. The minimum absolute atomic E-state index is 0.0112. The topological polar surface area (TPSA) is 0 Å². The first-order valence-electron chi connectivity index (χ1n) is 5.11. The molecule has 3 aliphatic carbocycles. The molecule has 1 aromatic carbocycles. The van der Waals surface area contributed by atoms with Gasteiger partial charge >= 0.3 is 0 Å². The van der Waals surface area contributed by atoms with Crippen LogP contribution in [0.5, 0.6) is 0 Å². The second-order valence-corrected chi connectivity index (χ2v) is 5.72. The third-order valence-corrected chi connectivity index (χ3v) is 4.80. The van der Waals surface area contributed by atoms with Crippen LogP contribution in [-0.2, 0) is 5.41 Å². The van der Waals surface area contributed by atoms with Crippen LogP contribution in [-0.4, -0.2) is 5.88 Å². The van der Waals surface area contributed by atoms with Crippen LogP contribution in [0.1, 0.15) is 24.8 Å². The molecule has 0 nitrogen and oxygen atoms in total. The first kappa shape index (κ1) is 9.92. The molecule has 0 aromatic heterocycles. The number of hydrogen-bond acceptors (Lipinski definition) is 0. The van der Waals surface area contributed by atoms with E-state index in [0.717, 1.165) is 24.8 Å². The smallest absolute Gasteiger partial charge is 0.128 e. The molecule has 15 heavy (non-hydrogen) atoms. The van der Waals surface area contributed by atoms with Crippen molar-refractivity contribution in [3.63, 3.8) is 0 Å². The Morgan fingerprint density at radius 3 is 2.47 bits per heavy atom. The van der Waals surface area contributed by atoms with Crippen molar-refractivity contribution in [3.05, 3.63) is 34.6 Å². The Labute approximate surface area is 98.4 Å². The summed E-state index contributed by atoms with van der Waals surface area (Å²) in [6.07, 6.45) is 3.01. The Morgan fingerprint density at radius 2 is 1.93 bits per heavy atom. The van der Waals surface area contributed by atoms with Crippen molar-refractivity contribution in [1.29, 1.82) is 0 Å². The largest absolute Gasteiger partial charge is 0.207 e. The Morgan fingerprint density at radius 1 is 1.27 bits per heavy atom. The van der Waals surface area contributed by atoms with Gasteiger partial charge in [-0.25, -0.2) is 4.39 Å². The normalized spacial score (nSPS) is 37.0. The van der Waals surface area contributed by atoms with Crippen LogP contribution in [0.4, 0.5) is 4.39 Å². The van der Waals surface area contributed by atoms with Gasteiger partial charge in [-0.15, -0.1) is 11.6 Å². The maximum absolute atomic E-state index is 13.7. The van der Waals surface area contributed by atoms with Gasteiger partial charge in [-0.2, -0.15) is 0 Å². The number of halogens is 3. The van der Waals surface area contributed by atoms with Crippen molar-refractivity contribution < 1.29 is 4.39 Å². The van der Waals surface area contributed by atoms with E-state index in [0.29, 0.717) is 16.3 Å². The maximum atomic E-state index is 13.7. The van der Waals surface area contributed by atoms with Gasteiger partial charge in [0.2, 0.25) is 0 Å². The summed E-state index contributed by atoms with van der Waals surface area (Å²) in [7, 11) is 0. The lowest BCUT2D eigenvalue weighted by Gasteiger charge is -2.70. The predicted octanol–water partition coefficient (Wildman–Crippen LogP) is 4.14. The molecule has 0 atom stereocenters. The predicted molar refractivity (Wildman–Crippen MR) is 60.1 cm³/mol. The summed E-state index contributed by atoms with van der Waals surface area (Å²) in [5.74, 6) is 0.534. The molecule has 0 aliphatic heterocycles. The van der Waals surface area contributed by atoms with Gasteiger partial charge in [-0.3, -0.25) is 0 Å². The Balaban J connectivity index is 1.97. The van der Waals surface area contributed by atoms with E-state index in [1.165, 1.54) is 6.07 Å². The van der Waals surface area contributed by atoms with Gasteiger partial charge in [0.25, 0.3) is 0 Å². The van der Waals surface area contributed by atoms with E-state index in [4.69, 9.17) is 23.2 Å². The van der Waals surface area contributed by atoms with Crippen LogP contribution < -0.4 is 0 Å². The quantitative estimate of drug-likeness (QED) is 0.687. The van der Waals surface area contributed by atoms with E-state index in [1.807, 2.05) is 0 Å². The van der Waals surface area contributed by atoms with Crippen LogP contribution in [0.3, 0.4) is 0 Å². The highest BCUT2D eigenvalue weighted by Gasteiger charge is 2.68. The molecule has 0 unspecified atom stereocenters. The molecule has 3 aliphatic rings. The molecule has 4 rings (SSSR count). The minimum atomic E-state index is -0.162. The van der Waals surface area contributed by atoms with Gasteiger partial charge < -0.3 is 0 Å². The fourth-order valence-electron chi connectivity index (χ4n) is 3.41. The monoisotopic (exact) mass is 244 g/mol. The van der Waals surface area contributed by atoms with E-state index in [-0.39, 0.29) is 11.2 Å². The lowest BCUT2D eigenvalue weighted by Crippen LogP contribution is -2.65. The number of rotatable bonds is 2. The molecule has 1 aromatic rings. The fraction of sp³-hybridized carbons (Fsp3) is 0.500. The highest BCUT2D eigenvalue weighted by Crippen LogP contribution is 2.74. The van der Waals surface area contributed by atoms with E-state index >= 15 is 0 Å². The fourth-order valence-corrected chi connectivity index (χ4v) is 4.06. The van der Waals surface area contributed by atoms with E-state index < -0.39 is 0 Å². The van der Waals surface area contributed by atoms with E-state index in [9.17, 15) is 4.39 Å². The van der Waals surface area contributed by atoms with Gasteiger partial charge in [-0.05, 0) is 36.8 Å². The van der Waals surface area contributed by atoms with Crippen LogP contribution in [0.25, 0.3) is 0 Å². The summed E-state index contributed by atoms with van der Waals surface area (Å²) < 4.78 is 13.7. The van der Waals surface area contributed by atoms with Gasteiger partial charge in [-0.1, -0.05) is 17.7 Å². The van der Waals surface area contributed by atoms with Crippen molar-refractivity contribution in [2.45, 2.75) is 24.7 Å². The number of alkyl halides is 1. The van der Waals surface area contributed by atoms with Crippen molar-refractivity contribution in [2.24, 2.45) is 5.41 Å². The molecule has 0 saturated heterocycles. The lowest BCUT2D eigenvalue weighted by molar-refractivity contribution is -0.124. The molecular formula is C12H11Cl2F. The number of benzene rings is 1. The third kappa shape index (κ3) is 1.14. The standard InChI is InChI=1S/C12H11Cl2F/c13-7-11-4-12(5-11,6-11)10-8(14)2-1-3-9(10)15/h1-3H,4-7H2. The molecule has 0 N–H and O–H groups in total. The molecular weight excluding hydrogens is 234 g/mol. The SMILES string of the molecule is Fc1cccc(Cl)c1C12CC(CCl)(C1)C2.